The summed E-state index contributed by atoms with van der Waals surface area (Å²) in [4.78, 5) is 2.10. The first-order valence-electron chi connectivity index (χ1n) is 9.09. The van der Waals surface area contributed by atoms with Gasteiger partial charge in [-0.15, -0.1) is 0 Å². The summed E-state index contributed by atoms with van der Waals surface area (Å²) in [6.45, 7) is 7.78. The normalized spacial score (nSPS) is 13.0. The summed E-state index contributed by atoms with van der Waals surface area (Å²) in [5.41, 5.74) is 0.690. The first kappa shape index (κ1) is 21.3. The smallest absolute Gasteiger partial charge is 0.165 e. The van der Waals surface area contributed by atoms with E-state index < -0.39 is 6.10 Å². The number of benzene rings is 1. The molecule has 150 valence electrons. The summed E-state index contributed by atoms with van der Waals surface area (Å²) in [6, 6.07) is 9.58. The number of ether oxygens (including phenoxy) is 3. The number of nitrogens with zero attached hydrogens (tertiary/aromatic N) is 1. The lowest BCUT2D eigenvalue weighted by molar-refractivity contribution is -0.0576. The van der Waals surface area contributed by atoms with Gasteiger partial charge in [0.2, 0.25) is 0 Å². The zero-order valence-electron chi connectivity index (χ0n) is 16.9. The van der Waals surface area contributed by atoms with Crippen molar-refractivity contribution in [2.24, 2.45) is 0 Å². The summed E-state index contributed by atoms with van der Waals surface area (Å²) in [6.07, 6.45) is 1.04. The first-order valence-corrected chi connectivity index (χ1v) is 9.09. The number of furan rings is 1. The van der Waals surface area contributed by atoms with Gasteiger partial charge in [0.1, 0.15) is 5.76 Å². The number of rotatable bonds is 10. The van der Waals surface area contributed by atoms with Crippen molar-refractivity contribution in [3.05, 3.63) is 47.9 Å². The van der Waals surface area contributed by atoms with Crippen molar-refractivity contribution in [2.75, 3.05) is 27.4 Å². The molecule has 0 saturated heterocycles. The second-order valence-corrected chi connectivity index (χ2v) is 7.48. The van der Waals surface area contributed by atoms with Gasteiger partial charge in [0.05, 0.1) is 45.3 Å². The van der Waals surface area contributed by atoms with Gasteiger partial charge in [0, 0.05) is 18.7 Å². The molecule has 0 fully saturated rings. The van der Waals surface area contributed by atoms with Gasteiger partial charge in [0.15, 0.2) is 11.5 Å². The van der Waals surface area contributed by atoms with Crippen LogP contribution in [-0.4, -0.2) is 49.1 Å². The van der Waals surface area contributed by atoms with E-state index in [1.165, 1.54) is 0 Å². The maximum absolute atomic E-state index is 10.5. The molecule has 0 aliphatic heterocycles. The molecule has 1 atom stereocenters. The highest BCUT2D eigenvalue weighted by molar-refractivity contribution is 5.46. The molecule has 1 aromatic heterocycles. The van der Waals surface area contributed by atoms with Crippen LogP contribution < -0.4 is 9.47 Å². The van der Waals surface area contributed by atoms with Crippen LogP contribution >= 0.6 is 0 Å². The lowest BCUT2D eigenvalue weighted by atomic mass is 10.1. The van der Waals surface area contributed by atoms with Crippen molar-refractivity contribution in [3.63, 3.8) is 0 Å². The SMILES string of the molecule is COc1cccc(CN(Cc2ccco2)C[C@@H](O)COC(C)(C)C)c1OC. The van der Waals surface area contributed by atoms with Crippen LogP contribution in [0.1, 0.15) is 32.1 Å². The highest BCUT2D eigenvalue weighted by Gasteiger charge is 2.20. The molecule has 6 nitrogen and oxygen atoms in total. The first-order chi connectivity index (χ1) is 12.8. The minimum Gasteiger partial charge on any atom is -0.493 e. The van der Waals surface area contributed by atoms with Gasteiger partial charge in [-0.25, -0.2) is 0 Å². The van der Waals surface area contributed by atoms with Crippen LogP contribution in [0.4, 0.5) is 0 Å². The Hall–Kier alpha value is -2.02. The van der Waals surface area contributed by atoms with Gasteiger partial charge in [-0.2, -0.15) is 0 Å². The predicted octanol–water partition coefficient (Wildman–Crippen LogP) is 3.48. The Morgan fingerprint density at radius 3 is 2.44 bits per heavy atom. The number of hydrogen-bond donors (Lipinski definition) is 1. The molecule has 0 aliphatic carbocycles. The van der Waals surface area contributed by atoms with Crippen LogP contribution in [-0.2, 0) is 17.8 Å². The maximum Gasteiger partial charge on any atom is 0.165 e. The minimum absolute atomic E-state index is 0.271. The van der Waals surface area contributed by atoms with Crippen molar-refractivity contribution >= 4 is 0 Å². The molecular weight excluding hydrogens is 346 g/mol. The number of methoxy groups -OCH3 is 2. The maximum atomic E-state index is 10.5. The molecule has 0 bridgehead atoms. The van der Waals surface area contributed by atoms with Gasteiger partial charge in [-0.1, -0.05) is 12.1 Å². The van der Waals surface area contributed by atoms with E-state index in [9.17, 15) is 5.11 Å². The van der Waals surface area contributed by atoms with Gasteiger partial charge >= 0.3 is 0 Å². The summed E-state index contributed by atoms with van der Waals surface area (Å²) >= 11 is 0. The third kappa shape index (κ3) is 6.90. The fourth-order valence-electron chi connectivity index (χ4n) is 2.82. The van der Waals surface area contributed by atoms with Crippen molar-refractivity contribution in [1.82, 2.24) is 4.90 Å². The lowest BCUT2D eigenvalue weighted by Gasteiger charge is -2.27. The highest BCUT2D eigenvalue weighted by Crippen LogP contribution is 2.31. The monoisotopic (exact) mass is 377 g/mol. The fraction of sp³-hybridized carbons (Fsp3) is 0.524. The molecule has 27 heavy (non-hydrogen) atoms. The average molecular weight is 377 g/mol. The van der Waals surface area contributed by atoms with Gasteiger partial charge < -0.3 is 23.7 Å². The molecule has 1 N–H and O–H groups in total. The van der Waals surface area contributed by atoms with Gasteiger partial charge in [0.25, 0.3) is 0 Å². The molecule has 0 spiro atoms. The number of aliphatic hydroxyl groups is 1. The lowest BCUT2D eigenvalue weighted by Crippen LogP contribution is -2.36. The van der Waals surface area contributed by atoms with Crippen LogP contribution in [0.3, 0.4) is 0 Å². The van der Waals surface area contributed by atoms with E-state index >= 15 is 0 Å². The molecule has 0 aliphatic rings. The quantitative estimate of drug-likeness (QED) is 0.684. The number of para-hydroxylation sites is 1. The number of aliphatic hydroxyl groups excluding tert-OH is 1. The predicted molar refractivity (Wildman–Crippen MR) is 104 cm³/mol. The van der Waals surface area contributed by atoms with Crippen molar-refractivity contribution in [3.8, 4) is 11.5 Å². The third-order valence-electron chi connectivity index (χ3n) is 4.02. The standard InChI is InChI=1S/C21H31NO5/c1-21(2,3)27-15-17(23)13-22(14-18-9-7-11-26-18)12-16-8-6-10-19(24-4)20(16)25-5/h6-11,17,23H,12-15H2,1-5H3/t17-/m1/s1. The fourth-order valence-corrected chi connectivity index (χ4v) is 2.82. The van der Waals surface area contributed by atoms with Crippen LogP contribution in [0.15, 0.2) is 41.0 Å². The average Bonchev–Trinajstić information content (AvgIpc) is 3.12. The third-order valence-corrected chi connectivity index (χ3v) is 4.02. The Morgan fingerprint density at radius 2 is 1.85 bits per heavy atom. The molecular formula is C21H31NO5. The zero-order chi connectivity index (χ0) is 19.9. The van der Waals surface area contributed by atoms with Crippen molar-refractivity contribution in [1.29, 1.82) is 0 Å². The summed E-state index contributed by atoms with van der Waals surface area (Å²) in [7, 11) is 3.25. The van der Waals surface area contributed by atoms with Crippen LogP contribution in [0, 0.1) is 0 Å². The van der Waals surface area contributed by atoms with Crippen molar-refractivity contribution in [2.45, 2.75) is 45.6 Å². The molecule has 0 radical (unpaired) electrons. The summed E-state index contributed by atoms with van der Waals surface area (Å²) in [5.74, 6) is 2.22. The van der Waals surface area contributed by atoms with Crippen molar-refractivity contribution < 1.29 is 23.7 Å². The zero-order valence-corrected chi connectivity index (χ0v) is 16.9. The van der Waals surface area contributed by atoms with E-state index in [2.05, 4.69) is 4.90 Å². The molecule has 6 heteroatoms. The Morgan fingerprint density at radius 1 is 1.07 bits per heavy atom. The molecule has 0 amide bonds. The van der Waals surface area contributed by atoms with Crippen LogP contribution in [0.25, 0.3) is 0 Å². The molecule has 2 aromatic rings. The minimum atomic E-state index is -0.615. The largest absolute Gasteiger partial charge is 0.493 e. The molecule has 1 aromatic carbocycles. The Labute approximate surface area is 161 Å². The van der Waals surface area contributed by atoms with Gasteiger partial charge in [-0.3, -0.25) is 4.90 Å². The van der Waals surface area contributed by atoms with Gasteiger partial charge in [-0.05, 0) is 39.0 Å². The van der Waals surface area contributed by atoms with Crippen LogP contribution in [0.5, 0.6) is 11.5 Å². The summed E-state index contributed by atoms with van der Waals surface area (Å²) in [5, 5.41) is 10.5. The van der Waals surface area contributed by atoms with Crippen LogP contribution in [0.2, 0.25) is 0 Å². The Balaban J connectivity index is 2.13. The molecule has 2 rings (SSSR count). The highest BCUT2D eigenvalue weighted by atomic mass is 16.5. The van der Waals surface area contributed by atoms with E-state index in [0.29, 0.717) is 31.1 Å². The number of hydrogen-bond acceptors (Lipinski definition) is 6. The second-order valence-electron chi connectivity index (χ2n) is 7.48. The topological polar surface area (TPSA) is 64.3 Å². The van der Waals surface area contributed by atoms with E-state index in [-0.39, 0.29) is 12.2 Å². The molecule has 1 heterocycles. The Kier molecular flexibility index (Phi) is 7.71. The van der Waals surface area contributed by atoms with E-state index in [1.54, 1.807) is 20.5 Å². The van der Waals surface area contributed by atoms with E-state index in [1.807, 2.05) is 51.1 Å². The Bertz CT molecular complexity index is 678. The second kappa shape index (κ2) is 9.78. The van der Waals surface area contributed by atoms with E-state index in [4.69, 9.17) is 18.6 Å². The molecule has 0 unspecified atom stereocenters. The molecule has 0 saturated carbocycles. The van der Waals surface area contributed by atoms with E-state index in [0.717, 1.165) is 11.3 Å². The summed E-state index contributed by atoms with van der Waals surface area (Å²) < 4.78 is 22.1.